The minimum atomic E-state index is -4.88. The largest absolute Gasteiger partial charge is 0.357 e. The summed E-state index contributed by atoms with van der Waals surface area (Å²) in [5.41, 5.74) is -1.10. The Morgan fingerprint density at radius 2 is 1.20 bits per heavy atom. The second-order valence-electron chi connectivity index (χ2n) is 8.50. The summed E-state index contributed by atoms with van der Waals surface area (Å²) >= 11 is 0. The van der Waals surface area contributed by atoms with Gasteiger partial charge in [-0.25, -0.2) is 0 Å². The first-order valence-electron chi connectivity index (χ1n) is 8.78. The Kier molecular flexibility index (Phi) is 6.54. The molecule has 1 aliphatic heterocycles. The fourth-order valence-corrected chi connectivity index (χ4v) is 9.04. The Morgan fingerprint density at radius 3 is 1.40 bits per heavy atom. The fraction of sp³-hybridized carbons (Fsp3) is 1.00. The molecule has 0 aromatic heterocycles. The Labute approximate surface area is 150 Å². The van der Waals surface area contributed by atoms with E-state index in [2.05, 4.69) is 0 Å². The molecule has 150 valence electrons. The molecule has 0 aromatic rings. The van der Waals surface area contributed by atoms with Crippen molar-refractivity contribution in [3.63, 3.8) is 0 Å². The zero-order valence-electron chi connectivity index (χ0n) is 16.4. The third-order valence-corrected chi connectivity index (χ3v) is 8.92. The molecule has 3 unspecified atom stereocenters. The molecule has 0 saturated carbocycles. The maximum absolute atomic E-state index is 12.8. The molecule has 1 fully saturated rings. The van der Waals surface area contributed by atoms with Gasteiger partial charge in [-0.15, -0.1) is 0 Å². The molecule has 1 heterocycles. The summed E-state index contributed by atoms with van der Waals surface area (Å²) in [6.45, 7) is 14.4. The molecule has 0 aliphatic carbocycles. The lowest BCUT2D eigenvalue weighted by molar-refractivity contribution is -0.102. The first kappa shape index (κ1) is 23.3. The third-order valence-electron chi connectivity index (χ3n) is 5.96. The van der Waals surface area contributed by atoms with Gasteiger partial charge in [0.1, 0.15) is 0 Å². The molecule has 0 bridgehead atoms. The van der Waals surface area contributed by atoms with Gasteiger partial charge in [0.25, 0.3) is 0 Å². The van der Waals surface area contributed by atoms with Crippen LogP contribution in [0.3, 0.4) is 0 Å². The van der Waals surface area contributed by atoms with Gasteiger partial charge in [-0.2, -0.15) is 0 Å². The maximum Gasteiger partial charge on any atom is 0.357 e. The van der Waals surface area contributed by atoms with Gasteiger partial charge in [0.15, 0.2) is 11.2 Å². The Balaban J connectivity index is 4.05. The number of ether oxygens (including phenoxy) is 1. The Morgan fingerprint density at radius 1 is 0.800 bits per heavy atom. The van der Waals surface area contributed by atoms with Gasteiger partial charge in [-0.3, -0.25) is 9.13 Å². The topological polar surface area (TPSA) is 124 Å². The first-order valence-corrected chi connectivity index (χ1v) is 12.1. The molecule has 25 heavy (non-hydrogen) atoms. The van der Waals surface area contributed by atoms with Gasteiger partial charge >= 0.3 is 15.2 Å². The highest BCUT2D eigenvalue weighted by Gasteiger charge is 2.77. The second kappa shape index (κ2) is 7.01. The summed E-state index contributed by atoms with van der Waals surface area (Å²) in [6, 6.07) is 0. The first-order chi connectivity index (χ1) is 11.0. The van der Waals surface area contributed by atoms with Crippen molar-refractivity contribution in [3.8, 4) is 0 Å². The number of rotatable bonds is 6. The van der Waals surface area contributed by atoms with E-state index in [1.54, 1.807) is 13.8 Å². The summed E-state index contributed by atoms with van der Waals surface area (Å²) in [6.07, 6.45) is 0. The molecule has 7 nitrogen and oxygen atoms in total. The second-order valence-corrected chi connectivity index (χ2v) is 11.9. The quantitative estimate of drug-likeness (QED) is 0.502. The molecule has 1 rings (SSSR count). The number of hydrogen-bond acceptors (Lipinski definition) is 3. The number of hydrogen-bond donors (Lipinski definition) is 4. The molecular formula is C16H34O7P2. The Bertz CT molecular complexity index is 567. The van der Waals surface area contributed by atoms with Gasteiger partial charge in [0, 0.05) is 11.3 Å². The van der Waals surface area contributed by atoms with Crippen LogP contribution in [0, 0.1) is 35.0 Å². The van der Waals surface area contributed by atoms with Crippen LogP contribution in [-0.2, 0) is 13.9 Å². The molecule has 4 N–H and O–H groups in total. The predicted molar refractivity (Wildman–Crippen MR) is 97.0 cm³/mol. The van der Waals surface area contributed by atoms with Crippen LogP contribution in [0.1, 0.15) is 55.4 Å². The van der Waals surface area contributed by atoms with Gasteiger partial charge in [0.05, 0.1) is 0 Å². The minimum absolute atomic E-state index is 0.227. The monoisotopic (exact) mass is 400 g/mol. The molecule has 0 radical (unpaired) electrons. The standard InChI is InChI=1S/C16H34O7P2/c1-9(2)13-14(24(17,18)19)23-16(12(7)8,25(20,21)22)15(13,10(3)4)11(5)6/h9-14H,1-8H3,(H2,17,18,19)(H2,20,21,22). The molecule has 0 spiro atoms. The lowest BCUT2D eigenvalue weighted by Crippen LogP contribution is -2.58. The molecular weight excluding hydrogens is 366 g/mol. The lowest BCUT2D eigenvalue weighted by atomic mass is 9.55. The van der Waals surface area contributed by atoms with Crippen LogP contribution >= 0.6 is 15.2 Å². The van der Waals surface area contributed by atoms with Crippen LogP contribution in [0.2, 0.25) is 0 Å². The van der Waals surface area contributed by atoms with Crippen LogP contribution in [-0.4, -0.2) is 30.8 Å². The van der Waals surface area contributed by atoms with Crippen molar-refractivity contribution >= 4 is 15.2 Å². The van der Waals surface area contributed by atoms with Crippen LogP contribution in [0.4, 0.5) is 0 Å². The highest BCUT2D eigenvalue weighted by atomic mass is 31.2. The lowest BCUT2D eigenvalue weighted by Gasteiger charge is -2.55. The van der Waals surface area contributed by atoms with Crippen molar-refractivity contribution in [2.24, 2.45) is 35.0 Å². The molecule has 9 heteroatoms. The zero-order valence-corrected chi connectivity index (χ0v) is 18.2. The van der Waals surface area contributed by atoms with Crippen molar-refractivity contribution in [1.82, 2.24) is 0 Å². The van der Waals surface area contributed by atoms with E-state index in [0.717, 1.165) is 0 Å². The molecule has 1 aliphatic rings. The van der Waals surface area contributed by atoms with E-state index in [-0.39, 0.29) is 17.8 Å². The fourth-order valence-electron chi connectivity index (χ4n) is 5.55. The smallest absolute Gasteiger partial charge is 0.345 e. The van der Waals surface area contributed by atoms with E-state index in [0.29, 0.717) is 0 Å². The summed E-state index contributed by atoms with van der Waals surface area (Å²) in [5.74, 6) is -3.60. The van der Waals surface area contributed by atoms with Gasteiger partial charge in [-0.05, 0) is 23.7 Å². The van der Waals surface area contributed by atoms with Crippen LogP contribution in [0.5, 0.6) is 0 Å². The average Bonchev–Trinajstić information content (AvgIpc) is 2.71. The predicted octanol–water partition coefficient (Wildman–Crippen LogP) is 3.62. The SMILES string of the molecule is CC(C)C1C(P(=O)(O)O)OC(C(C)C)(P(=O)(O)O)C1(C(C)C)C(C)C. The van der Waals surface area contributed by atoms with Gasteiger partial charge < -0.3 is 24.3 Å². The van der Waals surface area contributed by atoms with Crippen LogP contribution in [0.15, 0.2) is 0 Å². The van der Waals surface area contributed by atoms with E-state index < -0.39 is 43.6 Å². The van der Waals surface area contributed by atoms with Crippen LogP contribution in [0.25, 0.3) is 0 Å². The van der Waals surface area contributed by atoms with E-state index >= 15 is 0 Å². The Hall–Kier alpha value is 0.260. The summed E-state index contributed by atoms with van der Waals surface area (Å²) in [5, 5.41) is -1.96. The normalized spacial score (nSPS) is 30.9. The van der Waals surface area contributed by atoms with Gasteiger partial charge in [-0.1, -0.05) is 55.4 Å². The highest BCUT2D eigenvalue weighted by Crippen LogP contribution is 2.78. The summed E-state index contributed by atoms with van der Waals surface area (Å²) < 4.78 is 30.8. The summed E-state index contributed by atoms with van der Waals surface area (Å²) in [7, 11) is -9.62. The molecule has 0 aromatic carbocycles. The zero-order chi connectivity index (χ0) is 20.2. The highest BCUT2D eigenvalue weighted by molar-refractivity contribution is 7.54. The van der Waals surface area contributed by atoms with E-state index in [1.807, 2.05) is 41.5 Å². The van der Waals surface area contributed by atoms with Crippen LogP contribution < -0.4 is 0 Å². The van der Waals surface area contributed by atoms with E-state index in [1.165, 1.54) is 0 Å². The van der Waals surface area contributed by atoms with E-state index in [4.69, 9.17) is 4.74 Å². The molecule has 0 amide bonds. The average molecular weight is 400 g/mol. The minimum Gasteiger partial charge on any atom is -0.345 e. The maximum atomic E-state index is 12.8. The molecule has 3 atom stereocenters. The third kappa shape index (κ3) is 3.20. The van der Waals surface area contributed by atoms with Gasteiger partial charge in [0.2, 0.25) is 0 Å². The van der Waals surface area contributed by atoms with Crippen molar-refractivity contribution in [1.29, 1.82) is 0 Å². The van der Waals surface area contributed by atoms with Crippen molar-refractivity contribution in [2.75, 3.05) is 0 Å². The van der Waals surface area contributed by atoms with Crippen molar-refractivity contribution in [3.05, 3.63) is 0 Å². The molecule has 1 saturated heterocycles. The van der Waals surface area contributed by atoms with E-state index in [9.17, 15) is 28.7 Å². The van der Waals surface area contributed by atoms with Crippen molar-refractivity contribution in [2.45, 2.75) is 66.6 Å². The van der Waals surface area contributed by atoms with Crippen molar-refractivity contribution < 1.29 is 33.4 Å². The summed E-state index contributed by atoms with van der Waals surface area (Å²) in [4.78, 5) is 40.7.